The Morgan fingerprint density at radius 1 is 1.58 bits per heavy atom. The van der Waals surface area contributed by atoms with Crippen LogP contribution in [0, 0.1) is 0 Å². The third-order valence-electron chi connectivity index (χ3n) is 2.01. The fourth-order valence-corrected chi connectivity index (χ4v) is 1.39. The van der Waals surface area contributed by atoms with E-state index in [-0.39, 0.29) is 6.61 Å². The third-order valence-corrected chi connectivity index (χ3v) is 2.01. The molecule has 3 nitrogen and oxygen atoms in total. The number of aliphatic hydroxyl groups excluding tert-OH is 1. The number of hydrogen-bond donors (Lipinski definition) is 1. The molecule has 0 saturated heterocycles. The Morgan fingerprint density at radius 3 is 3.33 bits per heavy atom. The van der Waals surface area contributed by atoms with E-state index in [1.54, 1.807) is 6.20 Å². The highest BCUT2D eigenvalue weighted by Gasteiger charge is 2.10. The summed E-state index contributed by atoms with van der Waals surface area (Å²) < 4.78 is 5.38. The van der Waals surface area contributed by atoms with Crippen LogP contribution in [0.2, 0.25) is 0 Å². The molecular formula is C9H11NO2. The molecule has 0 spiro atoms. The van der Waals surface area contributed by atoms with Crippen LogP contribution >= 0.6 is 0 Å². The van der Waals surface area contributed by atoms with Crippen LogP contribution in [0.15, 0.2) is 12.3 Å². The molecule has 12 heavy (non-hydrogen) atoms. The summed E-state index contributed by atoms with van der Waals surface area (Å²) in [6.45, 7) is 0.792. The van der Waals surface area contributed by atoms with Gasteiger partial charge in [0.1, 0.15) is 5.75 Å². The second-order valence-electron chi connectivity index (χ2n) is 2.89. The predicted molar refractivity (Wildman–Crippen MR) is 44.0 cm³/mol. The summed E-state index contributed by atoms with van der Waals surface area (Å²) in [5.41, 5.74) is 1.89. The number of rotatable bonds is 1. The second kappa shape index (κ2) is 3.11. The maximum atomic E-state index is 8.84. The van der Waals surface area contributed by atoms with Crippen molar-refractivity contribution in [1.82, 2.24) is 4.98 Å². The van der Waals surface area contributed by atoms with Crippen molar-refractivity contribution in [2.24, 2.45) is 0 Å². The first kappa shape index (κ1) is 7.55. The molecular weight excluding hydrogens is 154 g/mol. The van der Waals surface area contributed by atoms with Gasteiger partial charge < -0.3 is 9.84 Å². The van der Waals surface area contributed by atoms with E-state index >= 15 is 0 Å². The molecule has 1 aliphatic heterocycles. The average Bonchev–Trinajstić information content (AvgIpc) is 2.17. The van der Waals surface area contributed by atoms with Crippen molar-refractivity contribution in [1.29, 1.82) is 0 Å². The molecule has 3 heteroatoms. The van der Waals surface area contributed by atoms with Gasteiger partial charge in [0.05, 0.1) is 25.1 Å². The Bertz CT molecular complexity index is 286. The first-order chi connectivity index (χ1) is 5.90. The Morgan fingerprint density at radius 2 is 2.50 bits per heavy atom. The lowest BCUT2D eigenvalue weighted by atomic mass is 10.1. The van der Waals surface area contributed by atoms with Crippen molar-refractivity contribution in [3.05, 3.63) is 23.5 Å². The second-order valence-corrected chi connectivity index (χ2v) is 2.89. The Hall–Kier alpha value is -1.09. The molecule has 0 amide bonds. The van der Waals surface area contributed by atoms with Crippen molar-refractivity contribution < 1.29 is 9.84 Å². The minimum Gasteiger partial charge on any atom is -0.492 e. The lowest BCUT2D eigenvalue weighted by Gasteiger charge is -2.16. The summed E-state index contributed by atoms with van der Waals surface area (Å²) in [6.07, 6.45) is 3.78. The quantitative estimate of drug-likeness (QED) is 0.672. The molecule has 2 rings (SSSR count). The number of nitrogens with zero attached hydrogens (tertiary/aromatic N) is 1. The molecule has 0 radical (unpaired) electrons. The highest BCUT2D eigenvalue weighted by molar-refractivity contribution is 5.33. The monoisotopic (exact) mass is 165 g/mol. The molecule has 1 aromatic rings. The van der Waals surface area contributed by atoms with E-state index in [0.29, 0.717) is 0 Å². The molecule has 1 N–H and O–H groups in total. The van der Waals surface area contributed by atoms with Crippen molar-refractivity contribution in [2.75, 3.05) is 6.61 Å². The Kier molecular flexibility index (Phi) is 1.96. The van der Waals surface area contributed by atoms with Gasteiger partial charge in [0, 0.05) is 0 Å². The minimum atomic E-state index is 0.00722. The van der Waals surface area contributed by atoms with Crippen LogP contribution in [0.1, 0.15) is 17.7 Å². The molecule has 0 saturated carbocycles. The van der Waals surface area contributed by atoms with E-state index in [1.165, 1.54) is 5.56 Å². The molecule has 0 fully saturated rings. The summed E-state index contributed by atoms with van der Waals surface area (Å²) in [5.74, 6) is 0.874. The number of hydrogen-bond acceptors (Lipinski definition) is 3. The number of aryl methyl sites for hydroxylation is 1. The Balaban J connectivity index is 2.36. The zero-order valence-corrected chi connectivity index (χ0v) is 6.79. The van der Waals surface area contributed by atoms with Gasteiger partial charge in [0.2, 0.25) is 0 Å². The van der Waals surface area contributed by atoms with E-state index in [2.05, 4.69) is 4.98 Å². The molecule has 0 aliphatic carbocycles. The molecule has 0 unspecified atom stereocenters. The SMILES string of the molecule is OCc1cc2c(cn1)OCCC2. The van der Waals surface area contributed by atoms with Crippen LogP contribution in [0.3, 0.4) is 0 Å². The first-order valence-corrected chi connectivity index (χ1v) is 4.11. The van der Waals surface area contributed by atoms with Gasteiger partial charge in [-0.3, -0.25) is 4.98 Å². The van der Waals surface area contributed by atoms with Gasteiger partial charge in [-0.25, -0.2) is 0 Å². The van der Waals surface area contributed by atoms with Crippen molar-refractivity contribution >= 4 is 0 Å². The fraction of sp³-hybridized carbons (Fsp3) is 0.444. The van der Waals surface area contributed by atoms with E-state index in [1.807, 2.05) is 6.07 Å². The molecule has 0 bridgehead atoms. The summed E-state index contributed by atoms with van der Waals surface area (Å²) >= 11 is 0. The van der Waals surface area contributed by atoms with Crippen molar-refractivity contribution in [3.8, 4) is 5.75 Å². The van der Waals surface area contributed by atoms with Gasteiger partial charge in [-0.15, -0.1) is 0 Å². The maximum absolute atomic E-state index is 8.84. The smallest absolute Gasteiger partial charge is 0.140 e. The molecule has 2 heterocycles. The summed E-state index contributed by atoms with van der Waals surface area (Å²) in [6, 6.07) is 1.91. The van der Waals surface area contributed by atoms with E-state index < -0.39 is 0 Å². The number of aromatic nitrogens is 1. The lowest BCUT2D eigenvalue weighted by molar-refractivity contribution is 0.271. The average molecular weight is 165 g/mol. The fourth-order valence-electron chi connectivity index (χ4n) is 1.39. The predicted octanol–water partition coefficient (Wildman–Crippen LogP) is 0.899. The standard InChI is InChI=1S/C9H11NO2/c11-6-8-4-7-2-1-3-12-9(7)5-10-8/h4-5,11H,1-3,6H2. The normalized spacial score (nSPS) is 15.1. The summed E-state index contributed by atoms with van der Waals surface area (Å²) in [5, 5.41) is 8.84. The zero-order valence-electron chi connectivity index (χ0n) is 6.79. The van der Waals surface area contributed by atoms with Gasteiger partial charge in [-0.1, -0.05) is 0 Å². The van der Waals surface area contributed by atoms with Crippen LogP contribution in [0.4, 0.5) is 0 Å². The van der Waals surface area contributed by atoms with Gasteiger partial charge in [-0.05, 0) is 24.5 Å². The molecule has 0 atom stereocenters. The molecule has 1 aromatic heterocycles. The summed E-state index contributed by atoms with van der Waals surface area (Å²) in [4.78, 5) is 4.04. The highest BCUT2D eigenvalue weighted by Crippen LogP contribution is 2.23. The van der Waals surface area contributed by atoms with Crippen LogP contribution in [-0.2, 0) is 13.0 Å². The minimum absolute atomic E-state index is 0.00722. The first-order valence-electron chi connectivity index (χ1n) is 4.11. The van der Waals surface area contributed by atoms with Crippen molar-refractivity contribution in [2.45, 2.75) is 19.4 Å². The summed E-state index contributed by atoms with van der Waals surface area (Å²) in [7, 11) is 0. The lowest BCUT2D eigenvalue weighted by Crippen LogP contribution is -2.09. The topological polar surface area (TPSA) is 42.4 Å². The van der Waals surface area contributed by atoms with E-state index in [9.17, 15) is 0 Å². The van der Waals surface area contributed by atoms with Crippen molar-refractivity contribution in [3.63, 3.8) is 0 Å². The Labute approximate surface area is 71.0 Å². The van der Waals surface area contributed by atoms with E-state index in [4.69, 9.17) is 9.84 Å². The van der Waals surface area contributed by atoms with Gasteiger partial charge in [-0.2, -0.15) is 0 Å². The third kappa shape index (κ3) is 1.28. The number of aliphatic hydroxyl groups is 1. The van der Waals surface area contributed by atoms with Crippen LogP contribution in [-0.4, -0.2) is 16.7 Å². The highest BCUT2D eigenvalue weighted by atomic mass is 16.5. The molecule has 0 aromatic carbocycles. The number of ether oxygens (including phenoxy) is 1. The van der Waals surface area contributed by atoms with Crippen LogP contribution in [0.5, 0.6) is 5.75 Å². The van der Waals surface area contributed by atoms with Crippen LogP contribution in [0.25, 0.3) is 0 Å². The van der Waals surface area contributed by atoms with Gasteiger partial charge >= 0.3 is 0 Å². The zero-order chi connectivity index (χ0) is 8.39. The number of fused-ring (bicyclic) bond motifs is 1. The van der Waals surface area contributed by atoms with E-state index in [0.717, 1.165) is 30.9 Å². The molecule has 1 aliphatic rings. The molecule has 64 valence electrons. The largest absolute Gasteiger partial charge is 0.492 e. The van der Waals surface area contributed by atoms with Gasteiger partial charge in [0.25, 0.3) is 0 Å². The van der Waals surface area contributed by atoms with Crippen LogP contribution < -0.4 is 4.74 Å². The maximum Gasteiger partial charge on any atom is 0.140 e. The van der Waals surface area contributed by atoms with Gasteiger partial charge in [0.15, 0.2) is 0 Å². The number of pyridine rings is 1.